The molecule has 10 heteroatoms. The van der Waals surface area contributed by atoms with Gasteiger partial charge in [0.15, 0.2) is 18.0 Å². The highest BCUT2D eigenvalue weighted by atomic mass is 35.5. The van der Waals surface area contributed by atoms with E-state index in [2.05, 4.69) is 20.3 Å². The summed E-state index contributed by atoms with van der Waals surface area (Å²) in [5.74, 6) is -0.301. The molecule has 8 nitrogen and oxygen atoms in total. The molecule has 3 rings (SSSR count). The lowest BCUT2D eigenvalue weighted by Gasteiger charge is -2.24. The molecule has 0 saturated carbocycles. The van der Waals surface area contributed by atoms with E-state index in [1.807, 2.05) is 0 Å². The van der Waals surface area contributed by atoms with Gasteiger partial charge in [-0.2, -0.15) is 15.0 Å². The first-order chi connectivity index (χ1) is 14.2. The van der Waals surface area contributed by atoms with Gasteiger partial charge in [0.1, 0.15) is 11.6 Å². The van der Waals surface area contributed by atoms with E-state index >= 15 is 0 Å². The molecule has 3 N–H and O–H groups in total. The maximum atomic E-state index is 13.0. The lowest BCUT2D eigenvalue weighted by molar-refractivity contribution is -0.161. The minimum absolute atomic E-state index is 0.0580. The summed E-state index contributed by atoms with van der Waals surface area (Å²) in [5.41, 5.74) is 5.00. The molecule has 0 bridgehead atoms. The van der Waals surface area contributed by atoms with Crippen LogP contribution >= 0.6 is 11.6 Å². The van der Waals surface area contributed by atoms with Crippen molar-refractivity contribution in [3.05, 3.63) is 65.2 Å². The van der Waals surface area contributed by atoms with Crippen molar-refractivity contribution >= 4 is 35.2 Å². The number of carbonyl (C=O) groups is 1. The number of halogens is 2. The number of rotatable bonds is 7. The van der Waals surface area contributed by atoms with Crippen molar-refractivity contribution in [1.29, 1.82) is 0 Å². The summed E-state index contributed by atoms with van der Waals surface area (Å²) in [4.78, 5) is 24.6. The second-order valence-electron chi connectivity index (χ2n) is 6.71. The third kappa shape index (κ3) is 5.77. The standard InChI is InChI=1S/C20H19ClFN5O3/c1-20(2,30-15-9-3-12(21)4-10-15)17(28)29-11-16-25-18(23)27-19(26-16)24-14-7-5-13(22)6-8-14/h3-10H,11H2,1-2H3,(H3,23,24,25,26,27). The van der Waals surface area contributed by atoms with Crippen LogP contribution in [0.2, 0.25) is 5.02 Å². The van der Waals surface area contributed by atoms with Gasteiger partial charge in [-0.05, 0) is 62.4 Å². The van der Waals surface area contributed by atoms with Gasteiger partial charge in [0, 0.05) is 10.7 Å². The molecule has 156 valence electrons. The number of hydrogen-bond acceptors (Lipinski definition) is 8. The van der Waals surface area contributed by atoms with Gasteiger partial charge < -0.3 is 20.5 Å². The smallest absolute Gasteiger partial charge is 0.350 e. The summed E-state index contributed by atoms with van der Waals surface area (Å²) >= 11 is 5.85. The number of benzene rings is 2. The predicted octanol–water partition coefficient (Wildman–Crippen LogP) is 3.89. The number of ether oxygens (including phenoxy) is 2. The van der Waals surface area contributed by atoms with Crippen LogP contribution in [0.3, 0.4) is 0 Å². The van der Waals surface area contributed by atoms with Gasteiger partial charge >= 0.3 is 5.97 Å². The quantitative estimate of drug-likeness (QED) is 0.542. The fourth-order valence-electron chi connectivity index (χ4n) is 2.36. The van der Waals surface area contributed by atoms with Crippen LogP contribution in [0.5, 0.6) is 5.75 Å². The van der Waals surface area contributed by atoms with Crippen LogP contribution in [0.4, 0.5) is 22.0 Å². The van der Waals surface area contributed by atoms with Crippen LogP contribution in [0.15, 0.2) is 48.5 Å². The Bertz CT molecular complexity index is 1030. The summed E-state index contributed by atoms with van der Waals surface area (Å²) in [6.45, 7) is 2.91. The molecule has 1 aromatic heterocycles. The largest absolute Gasteiger partial charge is 0.476 e. The first-order valence-electron chi connectivity index (χ1n) is 8.86. The molecular formula is C20H19ClFN5O3. The molecular weight excluding hydrogens is 413 g/mol. The van der Waals surface area contributed by atoms with E-state index in [1.165, 1.54) is 24.3 Å². The van der Waals surface area contributed by atoms with Crippen molar-refractivity contribution in [2.75, 3.05) is 11.1 Å². The number of aromatic nitrogens is 3. The van der Waals surface area contributed by atoms with E-state index in [9.17, 15) is 9.18 Å². The average molecular weight is 432 g/mol. The molecule has 0 amide bonds. The molecule has 0 radical (unpaired) electrons. The lowest BCUT2D eigenvalue weighted by atomic mass is 10.1. The highest BCUT2D eigenvalue weighted by Crippen LogP contribution is 2.22. The summed E-state index contributed by atoms with van der Waals surface area (Å²) < 4.78 is 24.0. The fourth-order valence-corrected chi connectivity index (χ4v) is 2.49. The van der Waals surface area contributed by atoms with Crippen LogP contribution in [0.1, 0.15) is 19.7 Å². The second kappa shape index (κ2) is 8.91. The molecule has 0 spiro atoms. The van der Waals surface area contributed by atoms with Crippen LogP contribution in [-0.4, -0.2) is 26.5 Å². The topological polar surface area (TPSA) is 112 Å². The van der Waals surface area contributed by atoms with Gasteiger partial charge in [-0.3, -0.25) is 0 Å². The maximum Gasteiger partial charge on any atom is 0.350 e. The first kappa shape index (κ1) is 21.3. The Kier molecular flexibility index (Phi) is 6.31. The Hall–Kier alpha value is -3.46. The van der Waals surface area contributed by atoms with Crippen molar-refractivity contribution in [3.8, 4) is 5.75 Å². The average Bonchev–Trinajstić information content (AvgIpc) is 2.69. The minimum Gasteiger partial charge on any atom is -0.476 e. The second-order valence-corrected chi connectivity index (χ2v) is 7.14. The van der Waals surface area contributed by atoms with E-state index in [-0.39, 0.29) is 30.1 Å². The van der Waals surface area contributed by atoms with Crippen LogP contribution in [0.25, 0.3) is 0 Å². The minimum atomic E-state index is -1.26. The van der Waals surface area contributed by atoms with E-state index in [1.54, 1.807) is 38.1 Å². The monoisotopic (exact) mass is 431 g/mol. The summed E-state index contributed by atoms with van der Waals surface area (Å²) in [6.07, 6.45) is 0. The molecule has 0 fully saturated rings. The number of hydrogen-bond donors (Lipinski definition) is 2. The van der Waals surface area contributed by atoms with Crippen molar-refractivity contribution in [1.82, 2.24) is 15.0 Å². The number of nitrogens with one attached hydrogen (secondary N) is 1. The van der Waals surface area contributed by atoms with E-state index < -0.39 is 11.6 Å². The summed E-state index contributed by atoms with van der Waals surface area (Å²) in [7, 11) is 0. The van der Waals surface area contributed by atoms with Gasteiger partial charge in [0.05, 0.1) is 0 Å². The van der Waals surface area contributed by atoms with Crippen molar-refractivity contribution in [3.63, 3.8) is 0 Å². The third-order valence-corrected chi connectivity index (χ3v) is 4.06. The van der Waals surface area contributed by atoms with E-state index in [0.717, 1.165) is 0 Å². The Morgan fingerprint density at radius 1 is 1.10 bits per heavy atom. The molecule has 30 heavy (non-hydrogen) atoms. The van der Waals surface area contributed by atoms with Gasteiger partial charge in [-0.1, -0.05) is 11.6 Å². The molecule has 0 saturated heterocycles. The van der Waals surface area contributed by atoms with Crippen molar-refractivity contribution in [2.24, 2.45) is 0 Å². The Morgan fingerprint density at radius 3 is 2.43 bits per heavy atom. The Balaban J connectivity index is 1.64. The zero-order valence-electron chi connectivity index (χ0n) is 16.2. The third-order valence-electron chi connectivity index (χ3n) is 3.81. The van der Waals surface area contributed by atoms with E-state index in [0.29, 0.717) is 16.5 Å². The summed E-state index contributed by atoms with van der Waals surface area (Å²) in [5, 5.41) is 3.44. The highest BCUT2D eigenvalue weighted by molar-refractivity contribution is 6.30. The zero-order valence-corrected chi connectivity index (χ0v) is 17.0. The molecule has 0 aliphatic rings. The molecule has 0 aliphatic carbocycles. The predicted molar refractivity (Wildman–Crippen MR) is 110 cm³/mol. The SMILES string of the molecule is CC(C)(Oc1ccc(Cl)cc1)C(=O)OCc1nc(N)nc(Nc2ccc(F)cc2)n1. The Morgan fingerprint density at radius 2 is 1.77 bits per heavy atom. The van der Waals surface area contributed by atoms with Crippen LogP contribution in [-0.2, 0) is 16.1 Å². The number of nitrogens with zero attached hydrogens (tertiary/aromatic N) is 3. The molecule has 1 heterocycles. The van der Waals surface area contributed by atoms with Gasteiger partial charge in [0.25, 0.3) is 0 Å². The lowest BCUT2D eigenvalue weighted by Crippen LogP contribution is -2.39. The van der Waals surface area contributed by atoms with Gasteiger partial charge in [0.2, 0.25) is 11.9 Å². The molecule has 3 aromatic rings. The number of anilines is 3. The van der Waals surface area contributed by atoms with Gasteiger partial charge in [-0.15, -0.1) is 0 Å². The number of nitrogens with two attached hydrogens (primary N) is 1. The molecule has 0 atom stereocenters. The zero-order chi connectivity index (χ0) is 21.7. The number of esters is 1. The summed E-state index contributed by atoms with van der Waals surface area (Å²) in [6, 6.07) is 12.2. The first-order valence-corrected chi connectivity index (χ1v) is 9.24. The van der Waals surface area contributed by atoms with Gasteiger partial charge in [-0.25, -0.2) is 9.18 Å². The van der Waals surface area contributed by atoms with Crippen molar-refractivity contribution < 1.29 is 18.7 Å². The highest BCUT2D eigenvalue weighted by Gasteiger charge is 2.32. The molecule has 2 aromatic carbocycles. The number of carbonyl (C=O) groups excluding carboxylic acids is 1. The van der Waals surface area contributed by atoms with Crippen molar-refractivity contribution in [2.45, 2.75) is 26.1 Å². The Labute approximate surface area is 177 Å². The fraction of sp³-hybridized carbons (Fsp3) is 0.200. The van der Waals surface area contributed by atoms with Crippen LogP contribution in [0, 0.1) is 5.82 Å². The maximum absolute atomic E-state index is 13.0. The number of nitrogen functional groups attached to an aromatic ring is 1. The van der Waals surface area contributed by atoms with E-state index in [4.69, 9.17) is 26.8 Å². The molecule has 0 unspecified atom stereocenters. The normalized spacial score (nSPS) is 11.1. The molecule has 0 aliphatic heterocycles. The van der Waals surface area contributed by atoms with Crippen LogP contribution < -0.4 is 15.8 Å².